The predicted octanol–water partition coefficient (Wildman–Crippen LogP) is 4.52. The monoisotopic (exact) mass is 325 g/mol. The standard InChI is InChI=1S/C20H20ClNO/c1-2-11-22-20-8-4-6-16-13-18(9-10-19(16)20)23-14-15-5-3-7-17(21)12-15/h1,3,5,7,9-10,12-13,20,22H,4,6,8,11,14H2. The van der Waals surface area contributed by atoms with Gasteiger partial charge < -0.3 is 4.74 Å². The maximum Gasteiger partial charge on any atom is 0.120 e. The third-order valence-electron chi connectivity index (χ3n) is 4.17. The van der Waals surface area contributed by atoms with Crippen molar-refractivity contribution in [3.63, 3.8) is 0 Å². The number of hydrogen-bond acceptors (Lipinski definition) is 2. The maximum absolute atomic E-state index is 6.00. The van der Waals surface area contributed by atoms with Crippen molar-refractivity contribution in [2.45, 2.75) is 31.9 Å². The van der Waals surface area contributed by atoms with Crippen LogP contribution in [0.25, 0.3) is 0 Å². The molecule has 0 aromatic heterocycles. The molecule has 3 heteroatoms. The van der Waals surface area contributed by atoms with E-state index >= 15 is 0 Å². The summed E-state index contributed by atoms with van der Waals surface area (Å²) in [5.41, 5.74) is 3.78. The number of nitrogens with one attached hydrogen (secondary N) is 1. The van der Waals surface area contributed by atoms with Gasteiger partial charge in [-0.15, -0.1) is 6.42 Å². The lowest BCUT2D eigenvalue weighted by atomic mass is 9.87. The smallest absolute Gasteiger partial charge is 0.120 e. The van der Waals surface area contributed by atoms with E-state index in [1.165, 1.54) is 17.5 Å². The van der Waals surface area contributed by atoms with Gasteiger partial charge in [0.2, 0.25) is 0 Å². The number of benzene rings is 2. The van der Waals surface area contributed by atoms with E-state index in [-0.39, 0.29) is 0 Å². The first-order valence-corrected chi connectivity index (χ1v) is 8.31. The van der Waals surface area contributed by atoms with Crippen LogP contribution < -0.4 is 10.1 Å². The van der Waals surface area contributed by atoms with E-state index in [1.807, 2.05) is 30.3 Å². The summed E-state index contributed by atoms with van der Waals surface area (Å²) in [5, 5.41) is 4.15. The molecular formula is C20H20ClNO. The summed E-state index contributed by atoms with van der Waals surface area (Å²) in [5.74, 6) is 3.56. The molecule has 2 aromatic carbocycles. The number of halogens is 1. The Kier molecular flexibility index (Phi) is 5.23. The van der Waals surface area contributed by atoms with Crippen molar-refractivity contribution >= 4 is 11.6 Å². The number of hydrogen-bond donors (Lipinski definition) is 1. The van der Waals surface area contributed by atoms with Gasteiger partial charge in [-0.3, -0.25) is 5.32 Å². The molecule has 0 fully saturated rings. The molecule has 1 aliphatic rings. The maximum atomic E-state index is 6.00. The van der Waals surface area contributed by atoms with Crippen LogP contribution >= 0.6 is 11.6 Å². The van der Waals surface area contributed by atoms with Crippen molar-refractivity contribution in [1.82, 2.24) is 5.32 Å². The van der Waals surface area contributed by atoms with Crippen molar-refractivity contribution in [2.75, 3.05) is 6.54 Å². The molecule has 0 heterocycles. The first-order valence-electron chi connectivity index (χ1n) is 7.93. The zero-order valence-corrected chi connectivity index (χ0v) is 13.8. The molecular weight excluding hydrogens is 306 g/mol. The molecule has 0 aliphatic heterocycles. The van der Waals surface area contributed by atoms with E-state index < -0.39 is 0 Å². The molecule has 23 heavy (non-hydrogen) atoms. The molecule has 0 saturated heterocycles. The van der Waals surface area contributed by atoms with Crippen LogP contribution in [0.5, 0.6) is 5.75 Å². The van der Waals surface area contributed by atoms with Gasteiger partial charge in [0.1, 0.15) is 12.4 Å². The van der Waals surface area contributed by atoms with Gasteiger partial charge in [-0.1, -0.05) is 35.7 Å². The predicted molar refractivity (Wildman–Crippen MR) is 94.7 cm³/mol. The molecule has 1 aliphatic carbocycles. The minimum atomic E-state index is 0.358. The molecule has 1 unspecified atom stereocenters. The second-order valence-corrected chi connectivity index (χ2v) is 6.25. The molecule has 118 valence electrons. The SMILES string of the molecule is C#CCNC1CCCc2cc(OCc3cccc(Cl)c3)ccc21. The van der Waals surface area contributed by atoms with Gasteiger partial charge in [0.25, 0.3) is 0 Å². The van der Waals surface area contributed by atoms with Crippen molar-refractivity contribution in [3.8, 4) is 18.1 Å². The molecule has 0 amide bonds. The van der Waals surface area contributed by atoms with Gasteiger partial charge in [0, 0.05) is 11.1 Å². The minimum absolute atomic E-state index is 0.358. The van der Waals surface area contributed by atoms with E-state index in [0.29, 0.717) is 19.2 Å². The first-order chi connectivity index (χ1) is 11.3. The van der Waals surface area contributed by atoms with Crippen LogP contribution in [-0.2, 0) is 13.0 Å². The molecule has 0 bridgehead atoms. The lowest BCUT2D eigenvalue weighted by Crippen LogP contribution is -2.25. The van der Waals surface area contributed by atoms with Crippen molar-refractivity contribution < 1.29 is 4.74 Å². The minimum Gasteiger partial charge on any atom is -0.489 e. The lowest BCUT2D eigenvalue weighted by molar-refractivity contribution is 0.305. The molecule has 0 spiro atoms. The highest BCUT2D eigenvalue weighted by Gasteiger charge is 2.19. The number of rotatable bonds is 5. The quantitative estimate of drug-likeness (QED) is 0.816. The Morgan fingerprint density at radius 2 is 2.17 bits per heavy atom. The Hall–Kier alpha value is -1.95. The van der Waals surface area contributed by atoms with Crippen LogP contribution in [-0.4, -0.2) is 6.54 Å². The zero-order chi connectivity index (χ0) is 16.1. The summed E-state index contributed by atoms with van der Waals surface area (Å²) in [7, 11) is 0. The normalized spacial score (nSPS) is 16.4. The summed E-state index contributed by atoms with van der Waals surface area (Å²) >= 11 is 6.00. The highest BCUT2D eigenvalue weighted by Crippen LogP contribution is 2.32. The van der Waals surface area contributed by atoms with Gasteiger partial charge >= 0.3 is 0 Å². The highest BCUT2D eigenvalue weighted by atomic mass is 35.5. The Morgan fingerprint density at radius 3 is 3.00 bits per heavy atom. The van der Waals surface area contributed by atoms with Crippen molar-refractivity contribution in [3.05, 3.63) is 64.2 Å². The summed E-state index contributed by atoms with van der Waals surface area (Å²) in [6.07, 6.45) is 8.76. The van der Waals surface area contributed by atoms with Crippen molar-refractivity contribution in [2.24, 2.45) is 0 Å². The summed E-state index contributed by atoms with van der Waals surface area (Å²) in [4.78, 5) is 0. The van der Waals surface area contributed by atoms with Crippen molar-refractivity contribution in [1.29, 1.82) is 0 Å². The fourth-order valence-electron chi connectivity index (χ4n) is 3.07. The van der Waals surface area contributed by atoms with Gasteiger partial charge in [-0.05, 0) is 60.2 Å². The molecule has 0 radical (unpaired) electrons. The molecule has 3 rings (SSSR count). The van der Waals surface area contributed by atoms with E-state index in [0.717, 1.165) is 29.2 Å². The molecule has 1 atom stereocenters. The average Bonchev–Trinajstić information content (AvgIpc) is 2.58. The molecule has 0 saturated carbocycles. The van der Waals surface area contributed by atoms with Crippen LogP contribution in [0.3, 0.4) is 0 Å². The fraction of sp³-hybridized carbons (Fsp3) is 0.300. The van der Waals surface area contributed by atoms with Crippen LogP contribution in [0.15, 0.2) is 42.5 Å². The van der Waals surface area contributed by atoms with Gasteiger partial charge in [0.05, 0.1) is 6.54 Å². The van der Waals surface area contributed by atoms with E-state index in [1.54, 1.807) is 0 Å². The third kappa shape index (κ3) is 4.07. The van der Waals surface area contributed by atoms with Gasteiger partial charge in [0.15, 0.2) is 0 Å². The summed E-state index contributed by atoms with van der Waals surface area (Å²) < 4.78 is 5.92. The lowest BCUT2D eigenvalue weighted by Gasteiger charge is -2.26. The van der Waals surface area contributed by atoms with E-state index in [9.17, 15) is 0 Å². The van der Waals surface area contributed by atoms with Crippen LogP contribution in [0, 0.1) is 12.3 Å². The largest absolute Gasteiger partial charge is 0.489 e. The number of ether oxygens (including phenoxy) is 1. The van der Waals surface area contributed by atoms with Crippen LogP contribution in [0.2, 0.25) is 5.02 Å². The first kappa shape index (κ1) is 15.9. The van der Waals surface area contributed by atoms with E-state index in [2.05, 4.69) is 23.4 Å². The highest BCUT2D eigenvalue weighted by molar-refractivity contribution is 6.30. The molecule has 1 N–H and O–H groups in total. The van der Waals surface area contributed by atoms with E-state index in [4.69, 9.17) is 22.8 Å². The second kappa shape index (κ2) is 7.55. The molecule has 2 aromatic rings. The Bertz CT molecular complexity index is 720. The second-order valence-electron chi connectivity index (χ2n) is 5.81. The van der Waals surface area contributed by atoms with Gasteiger partial charge in [-0.2, -0.15) is 0 Å². The number of aryl methyl sites for hydroxylation is 1. The summed E-state index contributed by atoms with van der Waals surface area (Å²) in [6, 6.07) is 14.5. The molecule has 2 nitrogen and oxygen atoms in total. The zero-order valence-electron chi connectivity index (χ0n) is 13.0. The number of fused-ring (bicyclic) bond motifs is 1. The van der Waals surface area contributed by atoms with Crippen LogP contribution in [0.4, 0.5) is 0 Å². The fourth-order valence-corrected chi connectivity index (χ4v) is 3.28. The Labute approximate surface area is 142 Å². The van der Waals surface area contributed by atoms with Gasteiger partial charge in [-0.25, -0.2) is 0 Å². The average molecular weight is 326 g/mol. The van der Waals surface area contributed by atoms with Crippen LogP contribution in [0.1, 0.15) is 35.6 Å². The topological polar surface area (TPSA) is 21.3 Å². The number of terminal acetylenes is 1. The Balaban J connectivity index is 1.69. The Morgan fingerprint density at radius 1 is 1.26 bits per heavy atom. The summed E-state index contributed by atoms with van der Waals surface area (Å²) in [6.45, 7) is 1.13. The third-order valence-corrected chi connectivity index (χ3v) is 4.41.